The summed E-state index contributed by atoms with van der Waals surface area (Å²) >= 11 is 13.1. The van der Waals surface area contributed by atoms with Gasteiger partial charge in [0.05, 0.1) is 16.6 Å². The molecule has 0 saturated carbocycles. The molecule has 0 unspecified atom stereocenters. The van der Waals surface area contributed by atoms with E-state index < -0.39 is 11.9 Å². The van der Waals surface area contributed by atoms with Gasteiger partial charge in [-0.25, -0.2) is 4.39 Å². The molecule has 2 amide bonds. The van der Waals surface area contributed by atoms with Gasteiger partial charge in [0.1, 0.15) is 12.4 Å². The van der Waals surface area contributed by atoms with Gasteiger partial charge in [0.2, 0.25) is 5.91 Å². The highest BCUT2D eigenvalue weighted by atomic mass is 79.9. The predicted molar refractivity (Wildman–Crippen MR) is 121 cm³/mol. The lowest BCUT2D eigenvalue weighted by atomic mass is 9.95. The van der Waals surface area contributed by atoms with Gasteiger partial charge in [-0.05, 0) is 54.1 Å². The van der Waals surface area contributed by atoms with Crippen molar-refractivity contribution < 1.29 is 14.0 Å². The molecule has 1 aliphatic rings. The Hall–Kier alpha value is -2.22. The van der Waals surface area contributed by atoms with E-state index in [0.29, 0.717) is 21.3 Å². The van der Waals surface area contributed by atoms with Gasteiger partial charge >= 0.3 is 0 Å². The van der Waals surface area contributed by atoms with Gasteiger partial charge < -0.3 is 10.2 Å². The Kier molecular flexibility index (Phi) is 5.95. The maximum Gasteiger partial charge on any atom is 0.256 e. The minimum atomic E-state index is -0.625. The number of carbonyl (C=O) groups excluding carboxylic acids is 2. The predicted octanol–water partition coefficient (Wildman–Crippen LogP) is 6.19. The summed E-state index contributed by atoms with van der Waals surface area (Å²) in [6.45, 7) is -0.185. The highest BCUT2D eigenvalue weighted by Gasteiger charge is 2.34. The summed E-state index contributed by atoms with van der Waals surface area (Å²) in [7, 11) is 0. The summed E-state index contributed by atoms with van der Waals surface area (Å²) < 4.78 is 15.1. The molecule has 4 rings (SSSR count). The molecule has 0 aromatic heterocycles. The summed E-state index contributed by atoms with van der Waals surface area (Å²) in [5, 5.41) is 3.13. The van der Waals surface area contributed by atoms with Crippen LogP contribution in [-0.2, 0) is 4.79 Å². The average molecular weight is 553 g/mol. The summed E-state index contributed by atoms with van der Waals surface area (Å²) in [6, 6.07) is 15.7. The molecule has 1 N–H and O–H groups in total. The van der Waals surface area contributed by atoms with Crippen LogP contribution in [0.25, 0.3) is 0 Å². The topological polar surface area (TPSA) is 49.4 Å². The van der Waals surface area contributed by atoms with Crippen LogP contribution in [0.1, 0.15) is 27.5 Å². The minimum absolute atomic E-state index is 0.185. The summed E-state index contributed by atoms with van der Waals surface area (Å²) in [6.07, 6.45) is 0. The number of nitrogens with one attached hydrogen (secondary N) is 1. The SMILES string of the molecule is O=C1CN(C(=O)c2cc(Br)ccc2Cl)[C@@H](c2ccc(F)cc2)c2cc(Br)ccc2N1. The fraction of sp³-hybridized carbons (Fsp3) is 0.0909. The lowest BCUT2D eigenvalue weighted by Crippen LogP contribution is -2.39. The molecule has 0 aliphatic carbocycles. The third kappa shape index (κ3) is 4.15. The average Bonchev–Trinajstić information content (AvgIpc) is 2.85. The second kappa shape index (κ2) is 8.49. The van der Waals surface area contributed by atoms with Crippen molar-refractivity contribution in [3.8, 4) is 0 Å². The number of hydrogen-bond donors (Lipinski definition) is 1. The van der Waals surface area contributed by atoms with Crippen molar-refractivity contribution in [3.63, 3.8) is 0 Å². The molecule has 8 heteroatoms. The Labute approximate surface area is 194 Å². The fourth-order valence-electron chi connectivity index (χ4n) is 3.49. The smallest absolute Gasteiger partial charge is 0.256 e. The van der Waals surface area contributed by atoms with Gasteiger partial charge in [-0.2, -0.15) is 0 Å². The van der Waals surface area contributed by atoms with Gasteiger partial charge in [-0.3, -0.25) is 9.59 Å². The van der Waals surface area contributed by atoms with Crippen molar-refractivity contribution in [2.45, 2.75) is 6.04 Å². The van der Waals surface area contributed by atoms with Gasteiger partial charge in [-0.1, -0.05) is 55.6 Å². The van der Waals surface area contributed by atoms with Gasteiger partial charge in [0.15, 0.2) is 0 Å². The van der Waals surface area contributed by atoms with E-state index in [1.54, 1.807) is 36.4 Å². The molecule has 0 fully saturated rings. The molecule has 0 spiro atoms. The maximum absolute atomic E-state index is 13.6. The molecular weight excluding hydrogens is 539 g/mol. The lowest BCUT2D eigenvalue weighted by molar-refractivity contribution is -0.117. The largest absolute Gasteiger partial charge is 0.324 e. The molecule has 0 radical (unpaired) electrons. The number of halogens is 4. The van der Waals surface area contributed by atoms with Crippen LogP contribution in [-0.4, -0.2) is 23.3 Å². The second-order valence-electron chi connectivity index (χ2n) is 6.79. The number of anilines is 1. The molecule has 0 saturated heterocycles. The van der Waals surface area contributed by atoms with Crippen molar-refractivity contribution in [2.75, 3.05) is 11.9 Å². The van der Waals surface area contributed by atoms with Crippen LogP contribution >= 0.6 is 43.5 Å². The quantitative estimate of drug-likeness (QED) is 0.412. The van der Waals surface area contributed by atoms with Crippen molar-refractivity contribution in [2.24, 2.45) is 0 Å². The second-order valence-corrected chi connectivity index (χ2v) is 9.03. The first-order chi connectivity index (χ1) is 14.3. The van der Waals surface area contributed by atoms with Crippen molar-refractivity contribution in [1.29, 1.82) is 0 Å². The number of benzene rings is 3. The molecule has 152 valence electrons. The molecule has 1 atom stereocenters. The molecule has 0 bridgehead atoms. The monoisotopic (exact) mass is 550 g/mol. The standard InChI is InChI=1S/C22H14Br2ClFN2O2/c23-13-3-7-18(25)16(9-13)22(30)28-11-20(29)27-19-8-4-14(24)10-17(19)21(28)12-1-5-15(26)6-2-12/h1-10,21H,11H2,(H,27,29)/t21-/m0/s1. The summed E-state index contributed by atoms with van der Waals surface area (Å²) in [5.74, 6) is -1.12. The van der Waals surface area contributed by atoms with E-state index in [4.69, 9.17) is 11.6 Å². The third-order valence-electron chi connectivity index (χ3n) is 4.81. The summed E-state index contributed by atoms with van der Waals surface area (Å²) in [5.41, 5.74) is 2.24. The highest BCUT2D eigenvalue weighted by molar-refractivity contribution is 9.10. The van der Waals surface area contributed by atoms with Crippen LogP contribution in [0.5, 0.6) is 0 Å². The molecule has 3 aromatic rings. The van der Waals surface area contributed by atoms with E-state index in [-0.39, 0.29) is 28.9 Å². The van der Waals surface area contributed by atoms with Gasteiger partial charge in [0.25, 0.3) is 5.91 Å². The number of carbonyl (C=O) groups is 2. The Morgan fingerprint density at radius 2 is 1.70 bits per heavy atom. The van der Waals surface area contributed by atoms with Gasteiger partial charge in [-0.15, -0.1) is 0 Å². The lowest BCUT2D eigenvalue weighted by Gasteiger charge is -2.31. The Morgan fingerprint density at radius 3 is 2.43 bits per heavy atom. The van der Waals surface area contributed by atoms with E-state index in [1.165, 1.54) is 17.0 Å². The Morgan fingerprint density at radius 1 is 1.03 bits per heavy atom. The molecule has 3 aromatic carbocycles. The zero-order chi connectivity index (χ0) is 21.4. The molecule has 1 aliphatic heterocycles. The van der Waals surface area contributed by atoms with Gasteiger partial charge in [0, 0.05) is 20.2 Å². The van der Waals surface area contributed by atoms with Crippen molar-refractivity contribution in [1.82, 2.24) is 4.90 Å². The zero-order valence-electron chi connectivity index (χ0n) is 15.3. The third-order valence-corrected chi connectivity index (χ3v) is 6.13. The molecule has 4 nitrogen and oxygen atoms in total. The van der Waals surface area contributed by atoms with Crippen LogP contribution < -0.4 is 5.32 Å². The molecule has 1 heterocycles. The van der Waals surface area contributed by atoms with E-state index in [0.717, 1.165) is 4.47 Å². The maximum atomic E-state index is 13.6. The molecule has 30 heavy (non-hydrogen) atoms. The highest BCUT2D eigenvalue weighted by Crippen LogP contribution is 2.38. The van der Waals surface area contributed by atoms with E-state index in [1.807, 2.05) is 12.1 Å². The van der Waals surface area contributed by atoms with Crippen LogP contribution in [0.3, 0.4) is 0 Å². The van der Waals surface area contributed by atoms with Crippen molar-refractivity contribution >= 4 is 61.0 Å². The van der Waals surface area contributed by atoms with E-state index in [2.05, 4.69) is 37.2 Å². The fourth-order valence-corrected chi connectivity index (χ4v) is 4.43. The normalized spacial score (nSPS) is 15.9. The van der Waals surface area contributed by atoms with Crippen LogP contribution in [0.2, 0.25) is 5.02 Å². The minimum Gasteiger partial charge on any atom is -0.324 e. The van der Waals surface area contributed by atoms with Crippen LogP contribution in [0, 0.1) is 5.82 Å². The van der Waals surface area contributed by atoms with Crippen LogP contribution in [0.4, 0.5) is 10.1 Å². The summed E-state index contributed by atoms with van der Waals surface area (Å²) in [4.78, 5) is 27.7. The number of rotatable bonds is 2. The number of nitrogens with zero attached hydrogens (tertiary/aromatic N) is 1. The first kappa shape index (κ1) is 21.0. The number of hydrogen-bond acceptors (Lipinski definition) is 2. The van der Waals surface area contributed by atoms with Crippen molar-refractivity contribution in [3.05, 3.63) is 97.1 Å². The van der Waals surface area contributed by atoms with Crippen LogP contribution in [0.15, 0.2) is 69.6 Å². The number of fused-ring (bicyclic) bond motifs is 1. The van der Waals surface area contributed by atoms with E-state index in [9.17, 15) is 14.0 Å². The Balaban J connectivity index is 1.92. The first-order valence-electron chi connectivity index (χ1n) is 8.94. The first-order valence-corrected chi connectivity index (χ1v) is 10.9. The van der Waals surface area contributed by atoms with E-state index >= 15 is 0 Å². The number of amides is 2. The Bertz CT molecular complexity index is 1150. The molecular formula is C22H14Br2ClFN2O2. The zero-order valence-corrected chi connectivity index (χ0v) is 19.3.